The molecule has 0 saturated carbocycles. The minimum Gasteiger partial charge on any atom is -0.504 e. The van der Waals surface area contributed by atoms with Crippen LogP contribution in [0.25, 0.3) is 0 Å². The number of hydrogen-bond donors (Lipinski definition) is 2. The van der Waals surface area contributed by atoms with Crippen LogP contribution in [-0.2, 0) is 0 Å². The van der Waals surface area contributed by atoms with Gasteiger partial charge in [0.25, 0.3) is 5.91 Å². The summed E-state index contributed by atoms with van der Waals surface area (Å²) in [6.07, 6.45) is 2.79. The summed E-state index contributed by atoms with van der Waals surface area (Å²) < 4.78 is 6.03. The third kappa shape index (κ3) is 4.43. The maximum Gasteiger partial charge on any atom is 0.274 e. The Balaban J connectivity index is 2.15. The summed E-state index contributed by atoms with van der Waals surface area (Å²) in [4.78, 5) is 15.7. The molecule has 2 rings (SSSR count). The Hall–Kier alpha value is -2.12. The summed E-state index contributed by atoms with van der Waals surface area (Å²) in [7, 11) is 0. The Bertz CT molecular complexity index is 753. The lowest BCUT2D eigenvalue weighted by atomic mass is 10.2. The van der Waals surface area contributed by atoms with Crippen LogP contribution in [0.15, 0.2) is 40.0 Å². The average molecular weight is 399 g/mol. The van der Waals surface area contributed by atoms with Crippen molar-refractivity contribution < 1.29 is 14.6 Å². The van der Waals surface area contributed by atoms with E-state index in [0.717, 1.165) is 0 Å². The molecule has 0 aliphatic heterocycles. The van der Waals surface area contributed by atoms with Gasteiger partial charge >= 0.3 is 0 Å². The Kier molecular flexibility index (Phi) is 5.95. The van der Waals surface area contributed by atoms with Crippen LogP contribution in [0.3, 0.4) is 0 Å². The normalized spacial score (nSPS) is 10.7. The summed E-state index contributed by atoms with van der Waals surface area (Å²) in [5.41, 5.74) is 2.92. The van der Waals surface area contributed by atoms with E-state index in [4.69, 9.17) is 16.3 Å². The molecule has 0 radical (unpaired) electrons. The minimum atomic E-state index is -0.501. The van der Waals surface area contributed by atoms with Gasteiger partial charge in [-0.15, -0.1) is 0 Å². The monoisotopic (exact) mass is 397 g/mol. The van der Waals surface area contributed by atoms with Gasteiger partial charge in [0, 0.05) is 16.2 Å². The van der Waals surface area contributed by atoms with Gasteiger partial charge < -0.3 is 9.84 Å². The Morgan fingerprint density at radius 2 is 2.35 bits per heavy atom. The molecule has 1 aromatic carbocycles. The molecule has 0 fully saturated rings. The molecule has 1 heterocycles. The van der Waals surface area contributed by atoms with Crippen LogP contribution >= 0.6 is 27.5 Å². The molecule has 0 aliphatic carbocycles. The van der Waals surface area contributed by atoms with Crippen molar-refractivity contribution in [1.82, 2.24) is 10.4 Å². The van der Waals surface area contributed by atoms with Crippen LogP contribution in [0.1, 0.15) is 22.8 Å². The third-order valence-corrected chi connectivity index (χ3v) is 3.50. The van der Waals surface area contributed by atoms with E-state index in [9.17, 15) is 9.90 Å². The van der Waals surface area contributed by atoms with Crippen LogP contribution in [0, 0.1) is 0 Å². The summed E-state index contributed by atoms with van der Waals surface area (Å²) in [6, 6.07) is 6.41. The molecule has 0 atom stereocenters. The molecule has 2 aromatic rings. The van der Waals surface area contributed by atoms with Gasteiger partial charge in [-0.25, -0.2) is 10.4 Å². The third-order valence-electron chi connectivity index (χ3n) is 2.74. The molecule has 6 nitrogen and oxygen atoms in total. The predicted octanol–water partition coefficient (Wildman–Crippen LogP) is 3.37. The highest BCUT2D eigenvalue weighted by Crippen LogP contribution is 2.32. The number of nitrogens with zero attached hydrogens (tertiary/aromatic N) is 2. The number of halogens is 2. The molecule has 1 aromatic heterocycles. The lowest BCUT2D eigenvalue weighted by Gasteiger charge is -2.08. The molecule has 2 N–H and O–H groups in total. The number of phenolic OH excluding ortho intramolecular Hbond substituents is 1. The van der Waals surface area contributed by atoms with E-state index < -0.39 is 5.91 Å². The maximum atomic E-state index is 11.9. The number of carbonyl (C=O) groups excluding carboxylic acids is 1. The van der Waals surface area contributed by atoms with E-state index in [1.807, 2.05) is 6.92 Å². The molecule has 0 saturated heterocycles. The molecule has 0 bridgehead atoms. The molecule has 8 heteroatoms. The van der Waals surface area contributed by atoms with E-state index in [1.165, 1.54) is 18.5 Å². The van der Waals surface area contributed by atoms with Gasteiger partial charge in [0.05, 0.1) is 18.4 Å². The summed E-state index contributed by atoms with van der Waals surface area (Å²) >= 11 is 9.15. The van der Waals surface area contributed by atoms with E-state index in [2.05, 4.69) is 31.4 Å². The van der Waals surface area contributed by atoms with E-state index in [0.29, 0.717) is 22.4 Å². The molecule has 0 unspecified atom stereocenters. The summed E-state index contributed by atoms with van der Waals surface area (Å²) in [5.74, 6) is -0.240. The fourth-order valence-electron chi connectivity index (χ4n) is 1.73. The Morgan fingerprint density at radius 1 is 1.57 bits per heavy atom. The van der Waals surface area contributed by atoms with Crippen molar-refractivity contribution in [3.63, 3.8) is 0 Å². The van der Waals surface area contributed by atoms with Crippen molar-refractivity contribution in [2.75, 3.05) is 6.61 Å². The quantitative estimate of drug-likeness (QED) is 0.459. The van der Waals surface area contributed by atoms with Crippen molar-refractivity contribution in [1.29, 1.82) is 0 Å². The molecule has 23 heavy (non-hydrogen) atoms. The van der Waals surface area contributed by atoms with Crippen molar-refractivity contribution in [3.8, 4) is 11.5 Å². The number of benzene rings is 1. The highest BCUT2D eigenvalue weighted by Gasteiger charge is 2.11. The van der Waals surface area contributed by atoms with Crippen LogP contribution in [0.2, 0.25) is 5.15 Å². The van der Waals surface area contributed by atoms with Gasteiger partial charge in [0.1, 0.15) is 5.15 Å². The van der Waals surface area contributed by atoms with Crippen molar-refractivity contribution in [2.45, 2.75) is 6.92 Å². The number of aromatic nitrogens is 1. The molecular formula is C15H13BrClN3O3. The van der Waals surface area contributed by atoms with Crippen LogP contribution in [0.5, 0.6) is 11.5 Å². The fraction of sp³-hybridized carbons (Fsp3) is 0.133. The minimum absolute atomic E-state index is 0.0625. The molecule has 1 amide bonds. The molecule has 0 spiro atoms. The largest absolute Gasteiger partial charge is 0.504 e. The second-order valence-corrected chi connectivity index (χ2v) is 5.59. The number of carbonyl (C=O) groups is 1. The standard InChI is InChI=1S/C15H13BrClN3O3/c1-2-23-12-7-10(16)6-9(13(12)21)8-19-20-15(22)11-4-3-5-18-14(11)17/h3-8,21H,2H2,1H3,(H,20,22). The van der Waals surface area contributed by atoms with Crippen molar-refractivity contribution in [2.24, 2.45) is 5.10 Å². The number of nitrogens with one attached hydrogen (secondary N) is 1. The average Bonchev–Trinajstić information content (AvgIpc) is 2.52. The topological polar surface area (TPSA) is 83.8 Å². The van der Waals surface area contributed by atoms with Gasteiger partial charge in [0.2, 0.25) is 0 Å². The lowest BCUT2D eigenvalue weighted by Crippen LogP contribution is -2.18. The zero-order chi connectivity index (χ0) is 16.8. The number of rotatable bonds is 5. The highest BCUT2D eigenvalue weighted by atomic mass is 79.9. The van der Waals surface area contributed by atoms with Crippen molar-refractivity contribution in [3.05, 3.63) is 51.2 Å². The Morgan fingerprint density at radius 3 is 3.04 bits per heavy atom. The first-order valence-electron chi connectivity index (χ1n) is 6.62. The molecule has 0 aliphatic rings. The lowest BCUT2D eigenvalue weighted by molar-refractivity contribution is 0.0955. The highest BCUT2D eigenvalue weighted by molar-refractivity contribution is 9.10. The van der Waals surface area contributed by atoms with Gasteiger partial charge in [0.15, 0.2) is 11.5 Å². The van der Waals surface area contributed by atoms with Crippen LogP contribution in [-0.4, -0.2) is 28.8 Å². The number of ether oxygens (including phenoxy) is 1. The second-order valence-electron chi connectivity index (χ2n) is 4.32. The van der Waals surface area contributed by atoms with Crippen LogP contribution < -0.4 is 10.2 Å². The van der Waals surface area contributed by atoms with Gasteiger partial charge in [-0.05, 0) is 31.2 Å². The second kappa shape index (κ2) is 7.94. The zero-order valence-electron chi connectivity index (χ0n) is 12.1. The summed E-state index contributed by atoms with van der Waals surface area (Å²) in [5, 5.41) is 14.0. The van der Waals surface area contributed by atoms with E-state index in [1.54, 1.807) is 18.2 Å². The van der Waals surface area contributed by atoms with Crippen LogP contribution in [0.4, 0.5) is 0 Å². The van der Waals surface area contributed by atoms with Gasteiger partial charge in [-0.3, -0.25) is 4.79 Å². The van der Waals surface area contributed by atoms with Gasteiger partial charge in [-0.2, -0.15) is 5.10 Å². The molecule has 120 valence electrons. The number of amides is 1. The Labute approximate surface area is 146 Å². The number of hydrazone groups is 1. The zero-order valence-corrected chi connectivity index (χ0v) is 14.4. The SMILES string of the molecule is CCOc1cc(Br)cc(C=NNC(=O)c2cccnc2Cl)c1O. The van der Waals surface area contributed by atoms with E-state index in [-0.39, 0.29) is 16.5 Å². The first kappa shape index (κ1) is 17.2. The van der Waals surface area contributed by atoms with Gasteiger partial charge in [-0.1, -0.05) is 27.5 Å². The van der Waals surface area contributed by atoms with E-state index >= 15 is 0 Å². The first-order valence-corrected chi connectivity index (χ1v) is 7.79. The first-order chi connectivity index (χ1) is 11.0. The maximum absolute atomic E-state index is 11.9. The number of aromatic hydroxyl groups is 1. The molecular weight excluding hydrogens is 386 g/mol. The fourth-order valence-corrected chi connectivity index (χ4v) is 2.39. The predicted molar refractivity (Wildman–Crippen MR) is 91.3 cm³/mol. The summed E-state index contributed by atoms with van der Waals surface area (Å²) in [6.45, 7) is 2.23. The van der Waals surface area contributed by atoms with Crippen molar-refractivity contribution >= 4 is 39.7 Å². The number of pyridine rings is 1. The number of hydrogen-bond acceptors (Lipinski definition) is 5. The number of phenols is 1. The smallest absolute Gasteiger partial charge is 0.274 e.